The first-order chi connectivity index (χ1) is 46.8. The molecule has 3 unspecified atom stereocenters. The molecule has 9 amide bonds. The van der Waals surface area contributed by atoms with Crippen molar-refractivity contribution >= 4 is 121 Å². The van der Waals surface area contributed by atoms with Crippen LogP contribution < -0.4 is 46.5 Å². The van der Waals surface area contributed by atoms with E-state index in [2.05, 4.69) is 65.2 Å². The lowest BCUT2D eigenvalue weighted by Crippen LogP contribution is -2.60. The molecule has 9 aliphatic rings. The van der Waals surface area contributed by atoms with Crippen LogP contribution in [0.5, 0.6) is 0 Å². The first kappa shape index (κ1) is 91.2. The van der Waals surface area contributed by atoms with E-state index in [-0.39, 0.29) is 75.4 Å². The number of rotatable bonds is 21. The highest BCUT2D eigenvalue weighted by Crippen LogP contribution is 2.47. The van der Waals surface area contributed by atoms with Gasteiger partial charge in [0, 0.05) is 43.7 Å². The van der Waals surface area contributed by atoms with Crippen LogP contribution in [0.15, 0.2) is 38.0 Å². The molecule has 6 aliphatic carbocycles. The Kier molecular flexibility index (Phi) is 30.8. The molecular weight excluding hydrogens is 1480 g/mol. The molecule has 0 aromatic rings. The predicted molar refractivity (Wildman–Crippen MR) is 377 cm³/mol. The van der Waals surface area contributed by atoms with Crippen LogP contribution in [-0.4, -0.2) is 247 Å². The van der Waals surface area contributed by atoms with Crippen molar-refractivity contribution in [3.05, 3.63) is 38.0 Å². The summed E-state index contributed by atoms with van der Waals surface area (Å²) in [5.74, 6) is -6.95. The van der Waals surface area contributed by atoms with E-state index < -0.39 is 199 Å². The summed E-state index contributed by atoms with van der Waals surface area (Å²) < 4.78 is 91.6. The van der Waals surface area contributed by atoms with Gasteiger partial charge in [-0.05, 0) is 95.8 Å². The molecule has 3 heterocycles. The second-order valence-electron chi connectivity index (χ2n) is 30.0. The Bertz CT molecular complexity index is 3600. The quantitative estimate of drug-likeness (QED) is 0.0504. The highest BCUT2D eigenvalue weighted by atomic mass is 35.5. The first-order valence-corrected chi connectivity index (χ1v) is 37.7. The molecule has 0 bridgehead atoms. The van der Waals surface area contributed by atoms with Gasteiger partial charge < -0.3 is 77.0 Å². The lowest BCUT2D eigenvalue weighted by atomic mass is 9.85. The van der Waals surface area contributed by atoms with E-state index in [1.54, 1.807) is 74.5 Å². The van der Waals surface area contributed by atoms with Crippen molar-refractivity contribution < 1.29 is 118 Å². The molecule has 104 heavy (non-hydrogen) atoms. The number of alkyl carbamates (subject to hydrolysis) is 2. The number of carboxylic acids is 2. The van der Waals surface area contributed by atoms with Crippen molar-refractivity contribution in [2.45, 2.75) is 226 Å². The van der Waals surface area contributed by atoms with Crippen molar-refractivity contribution in [3.8, 4) is 0 Å². The number of halogens is 2. The Morgan fingerprint density at radius 1 is 0.548 bits per heavy atom. The zero-order valence-corrected chi connectivity index (χ0v) is 64.0. The van der Waals surface area contributed by atoms with E-state index in [1.165, 1.54) is 18.1 Å². The molecule has 3 saturated heterocycles. The van der Waals surface area contributed by atoms with E-state index in [9.17, 15) is 93.3 Å². The van der Waals surface area contributed by atoms with Gasteiger partial charge in [-0.1, -0.05) is 59.8 Å². The van der Waals surface area contributed by atoms with Crippen molar-refractivity contribution in [1.29, 1.82) is 0 Å². The molecule has 0 aromatic heterocycles. The second-order valence-corrected chi connectivity index (χ2v) is 35.8. The Labute approximate surface area is 617 Å². The Morgan fingerprint density at radius 2 is 0.933 bits per heavy atom. The number of nitrogens with zero attached hydrogens (tertiary/aromatic N) is 2. The maximum absolute atomic E-state index is 13.4. The molecule has 14 atom stereocenters. The minimum Gasteiger partial charge on any atom is -0.480 e. The molecule has 41 heteroatoms. The number of nitrogens with two attached hydrogens (primary N) is 1. The number of carboxylic acid groups (broad SMARTS) is 2. The SMILES string of the molecule is C=CC1C[C@]1(N)C(=O)NS(=O)(=O)C1CC1.C=CC1C[C@]1(NC(=O)[C@@H]1C[C@@H](O)CN1)C(=O)NS(=O)(=O)C1CC1.C=CC1C[C@]1(NC(=O)[C@@H]1C[C@@H](O)CN1C(=O)[C@@H](NC(=O)OC)C(C)(C)C)C(=O)NS(=O)(=O)C1CC1.CC(C)(C)OC(=O)N1C[C@H](O)C[C@H]1C(=O)O.COC(=O)N[C@H](C(=O)O)C(C)(C)C.Cl.Cl. The molecule has 0 radical (unpaired) electrons. The highest BCUT2D eigenvalue weighted by Gasteiger charge is 2.63. The topological polar surface area (TPSA) is 548 Å². The van der Waals surface area contributed by atoms with E-state index in [0.717, 1.165) is 12.0 Å². The van der Waals surface area contributed by atoms with Crippen molar-refractivity contribution in [3.63, 3.8) is 0 Å². The summed E-state index contributed by atoms with van der Waals surface area (Å²) in [6.07, 6.45) is 4.45. The van der Waals surface area contributed by atoms with Gasteiger partial charge in [0.05, 0.1) is 60.9 Å². The molecule has 592 valence electrons. The second kappa shape index (κ2) is 35.2. The van der Waals surface area contributed by atoms with Gasteiger partial charge in [-0.25, -0.2) is 49.2 Å². The number of sulfonamides is 3. The van der Waals surface area contributed by atoms with Crippen molar-refractivity contribution in [2.75, 3.05) is 33.9 Å². The number of nitrogens with one attached hydrogen (secondary N) is 8. The van der Waals surface area contributed by atoms with Gasteiger partial charge in [0.25, 0.3) is 17.7 Å². The van der Waals surface area contributed by atoms with Gasteiger partial charge in [-0.3, -0.25) is 47.8 Å². The standard InChI is InChI=1S/C22H34N4O8S.C14H21N3O5S.C10H17NO5.C9H14N2O3S.C8H15NO4.2ClH/c1-6-12-10-22(12,19(30)25-35(32,33)14-7-8-14)24-17(28)15-9-13(27)11-26(15)18(29)16(21(2,3)4)23-20(31)34-5;1-2-8-6-14(8,13(20)17-23(21,22)10-3-4-10)16-12(19)11-5-9(18)7-15-11;1-10(2,3)16-9(15)11-5-6(12)4-7(11)8(13)14;1-2-6-5-9(6,10)8(12)11-15(13,14)7-3-4-7;1-8(2,3)5(6(10)11)9-7(12)13-4;;/h6,12-16,27H,1,7-11H2,2-5H3,(H,23,31)(H,24,28)(H,25,30);2,8-11,15,18H,1,3-7H2,(H,16,19)(H,17,20);6-7,12H,4-5H2,1-3H3,(H,13,14);2,6-7H,1,3-5,10H2,(H,11,12);5H,1-4H3,(H,9,12)(H,10,11);2*1H/t12?,13-,15+,16-,22-;8?,9-,11+,14-;6-,7+;6?,9-;5-;;/m11111../s1. The number of carbonyl (C=O) groups is 11. The molecule has 0 aromatic carbocycles. The minimum absolute atomic E-state index is 0. The number of ether oxygens (including phenoxy) is 3. The maximum atomic E-state index is 13.4. The van der Waals surface area contributed by atoms with Gasteiger partial charge in [0.2, 0.25) is 47.8 Å². The minimum atomic E-state index is -3.83. The molecule has 9 fully saturated rings. The van der Waals surface area contributed by atoms with Gasteiger partial charge in [-0.2, -0.15) is 0 Å². The maximum Gasteiger partial charge on any atom is 0.411 e. The molecule has 15 N–H and O–H groups in total. The summed E-state index contributed by atoms with van der Waals surface area (Å²) in [6, 6.07) is -4.71. The number of methoxy groups -OCH3 is 2. The summed E-state index contributed by atoms with van der Waals surface area (Å²) in [5.41, 5.74) is -0.0462. The summed E-state index contributed by atoms with van der Waals surface area (Å²) in [4.78, 5) is 134. The number of amides is 9. The Balaban J connectivity index is 0.000000355. The third-order valence-electron chi connectivity index (χ3n) is 18.1. The largest absolute Gasteiger partial charge is 0.480 e. The summed E-state index contributed by atoms with van der Waals surface area (Å²) in [7, 11) is -8.62. The molecule has 3 aliphatic heterocycles. The average molecular weight is 1580 g/mol. The third-order valence-corrected chi connectivity index (χ3v) is 23.5. The molecule has 9 rings (SSSR count). The van der Waals surface area contributed by atoms with E-state index in [4.69, 9.17) is 20.7 Å². The van der Waals surface area contributed by atoms with Crippen LogP contribution in [0.3, 0.4) is 0 Å². The normalized spacial score (nSPS) is 28.4. The zero-order chi connectivity index (χ0) is 77.6. The van der Waals surface area contributed by atoms with Gasteiger partial charge in [0.1, 0.15) is 46.4 Å². The van der Waals surface area contributed by atoms with Crippen LogP contribution >= 0.6 is 24.8 Å². The molecule has 36 nitrogen and oxygen atoms in total. The van der Waals surface area contributed by atoms with Gasteiger partial charge in [-0.15, -0.1) is 44.6 Å². The first-order valence-electron chi connectivity index (χ1n) is 33.0. The number of hydrogen-bond acceptors (Lipinski definition) is 25. The van der Waals surface area contributed by atoms with Crippen LogP contribution in [0, 0.1) is 28.6 Å². The van der Waals surface area contributed by atoms with Crippen LogP contribution in [0.4, 0.5) is 14.4 Å². The fourth-order valence-corrected chi connectivity index (χ4v) is 15.3. The van der Waals surface area contributed by atoms with Crippen molar-refractivity contribution in [1.82, 2.24) is 50.6 Å². The van der Waals surface area contributed by atoms with Gasteiger partial charge in [0.15, 0.2) is 0 Å². The van der Waals surface area contributed by atoms with E-state index in [0.29, 0.717) is 57.9 Å². The number of aliphatic carboxylic acids is 2. The number of carbonyl (C=O) groups excluding carboxylic acids is 9. The fraction of sp³-hybridized carbons (Fsp3) is 0.730. The third kappa shape index (κ3) is 24.3. The zero-order valence-electron chi connectivity index (χ0n) is 60.0. The number of aliphatic hydroxyl groups is 3. The number of aliphatic hydroxyl groups excluding tert-OH is 3. The van der Waals surface area contributed by atoms with Crippen LogP contribution in [0.25, 0.3) is 0 Å². The molecular formula is C63H103Cl2N11O25S3. The lowest BCUT2D eigenvalue weighted by Gasteiger charge is -2.35. The van der Waals surface area contributed by atoms with E-state index >= 15 is 0 Å². The molecule has 6 saturated carbocycles. The molecule has 0 spiro atoms. The van der Waals surface area contributed by atoms with Crippen molar-refractivity contribution in [2.24, 2.45) is 34.3 Å². The average Bonchev–Trinajstić information content (AvgIpc) is 1.62. The smallest absolute Gasteiger partial charge is 0.411 e. The van der Waals surface area contributed by atoms with Crippen LogP contribution in [-0.2, 0) is 82.6 Å². The lowest BCUT2D eigenvalue weighted by molar-refractivity contribution is -0.143. The summed E-state index contributed by atoms with van der Waals surface area (Å²) in [5, 5.41) is 58.1. The van der Waals surface area contributed by atoms with Crippen LogP contribution in [0.1, 0.15) is 139 Å². The van der Waals surface area contributed by atoms with Crippen LogP contribution in [0.2, 0.25) is 0 Å². The van der Waals surface area contributed by atoms with Gasteiger partial charge >= 0.3 is 30.2 Å². The Morgan fingerprint density at radius 3 is 1.26 bits per heavy atom. The summed E-state index contributed by atoms with van der Waals surface area (Å²) in [6.45, 7) is 26.4. The fourth-order valence-electron chi connectivity index (χ4n) is 11.2. The number of hydrogen-bond donors (Lipinski definition) is 14. The van der Waals surface area contributed by atoms with E-state index in [1.807, 2.05) is 4.72 Å². The number of β-amino-alcohol motifs (C(OH)–C–C–N with tert-alkyl or cyclic N) is 3. The monoisotopic (exact) mass is 1580 g/mol. The number of likely N-dealkylation sites (tertiary alicyclic amines) is 2. The summed E-state index contributed by atoms with van der Waals surface area (Å²) >= 11 is 0. The highest BCUT2D eigenvalue weighted by molar-refractivity contribution is 7.91. The Hall–Kier alpha value is -6.98. The predicted octanol–water partition coefficient (Wildman–Crippen LogP) is -0.609.